The molecule has 1 saturated carbocycles. The van der Waals surface area contributed by atoms with Crippen LogP contribution in [0.4, 0.5) is 10.2 Å². The van der Waals surface area contributed by atoms with E-state index in [2.05, 4.69) is 15.1 Å². The zero-order valence-electron chi connectivity index (χ0n) is 15.8. The molecule has 0 N–H and O–H groups in total. The number of hydrogen-bond acceptors (Lipinski definition) is 5. The summed E-state index contributed by atoms with van der Waals surface area (Å²) in [7, 11) is 1.77. The summed E-state index contributed by atoms with van der Waals surface area (Å²) in [6.07, 6.45) is 2.29. The van der Waals surface area contributed by atoms with Crippen LogP contribution < -0.4 is 4.90 Å². The Bertz CT molecular complexity index is 1070. The van der Waals surface area contributed by atoms with E-state index in [-0.39, 0.29) is 17.8 Å². The number of halogens is 1. The Hall–Kier alpha value is -3.03. The maximum atomic E-state index is 13.8. The molecule has 2 fully saturated rings. The van der Waals surface area contributed by atoms with Crippen molar-refractivity contribution in [3.8, 4) is 0 Å². The summed E-state index contributed by atoms with van der Waals surface area (Å²) in [5.41, 5.74) is 1.67. The van der Waals surface area contributed by atoms with Crippen LogP contribution in [0.5, 0.6) is 0 Å². The molecule has 0 atom stereocenters. The molecule has 0 unspecified atom stereocenters. The van der Waals surface area contributed by atoms with Gasteiger partial charge in [-0.1, -0.05) is 6.07 Å². The van der Waals surface area contributed by atoms with Crippen LogP contribution in [0.2, 0.25) is 0 Å². The summed E-state index contributed by atoms with van der Waals surface area (Å²) in [5, 5.41) is 13.2. The van der Waals surface area contributed by atoms with Crippen LogP contribution in [0, 0.1) is 12.7 Å². The predicted octanol–water partition coefficient (Wildman–Crippen LogP) is 2.41. The highest BCUT2D eigenvalue weighted by Crippen LogP contribution is 2.38. The Morgan fingerprint density at radius 3 is 2.68 bits per heavy atom. The number of benzene rings is 1. The molecule has 2 aliphatic rings. The van der Waals surface area contributed by atoms with Gasteiger partial charge in [-0.15, -0.1) is 15.3 Å². The van der Waals surface area contributed by atoms with Gasteiger partial charge in [-0.2, -0.15) is 4.52 Å². The number of fused-ring (bicyclic) bond motifs is 1. The number of rotatable bonds is 4. The number of amides is 1. The predicted molar refractivity (Wildman–Crippen MR) is 102 cm³/mol. The van der Waals surface area contributed by atoms with E-state index in [1.807, 2.05) is 16.6 Å². The summed E-state index contributed by atoms with van der Waals surface area (Å²) >= 11 is 0. The van der Waals surface area contributed by atoms with E-state index in [1.54, 1.807) is 31.0 Å². The Morgan fingerprint density at radius 2 is 1.96 bits per heavy atom. The number of likely N-dealkylation sites (N-methyl/N-ethyl adjacent to an activating group) is 1. The molecule has 0 spiro atoms. The van der Waals surface area contributed by atoms with Gasteiger partial charge in [0.2, 0.25) is 0 Å². The van der Waals surface area contributed by atoms with Crippen molar-refractivity contribution in [1.29, 1.82) is 0 Å². The number of hydrogen-bond donors (Lipinski definition) is 0. The van der Waals surface area contributed by atoms with Gasteiger partial charge in [0.25, 0.3) is 5.91 Å². The standard InChI is InChI=1S/C20H21FN6O/c1-12-3-4-14(9-16(12)21)20(28)25(2)15-10-26(11-15)18-8-7-17-22-23-19(13-5-6-13)27(17)24-18/h3-4,7-9,13,15H,5-6,10-11H2,1-2H3. The molecule has 1 aliphatic heterocycles. The molecule has 2 aromatic heterocycles. The Labute approximate surface area is 161 Å². The SMILES string of the molecule is Cc1ccc(C(=O)N(C)C2CN(c3ccc4nnc(C5CC5)n4n3)C2)cc1F. The van der Waals surface area contributed by atoms with E-state index in [0.717, 1.165) is 30.1 Å². The smallest absolute Gasteiger partial charge is 0.254 e. The first kappa shape index (κ1) is 17.1. The molecule has 1 saturated heterocycles. The van der Waals surface area contributed by atoms with Crippen molar-refractivity contribution in [2.45, 2.75) is 31.7 Å². The maximum Gasteiger partial charge on any atom is 0.254 e. The summed E-state index contributed by atoms with van der Waals surface area (Å²) in [6, 6.07) is 8.56. The van der Waals surface area contributed by atoms with Gasteiger partial charge in [0.05, 0.1) is 6.04 Å². The average molecular weight is 380 g/mol. The third-order valence-electron chi connectivity index (χ3n) is 5.69. The first-order chi connectivity index (χ1) is 13.5. The van der Waals surface area contributed by atoms with Crippen LogP contribution >= 0.6 is 0 Å². The molecule has 3 aromatic rings. The topological polar surface area (TPSA) is 66.6 Å². The monoisotopic (exact) mass is 380 g/mol. The highest BCUT2D eigenvalue weighted by Gasteiger charge is 2.35. The molecule has 7 nitrogen and oxygen atoms in total. The summed E-state index contributed by atoms with van der Waals surface area (Å²) in [4.78, 5) is 16.5. The minimum atomic E-state index is -0.354. The quantitative estimate of drug-likeness (QED) is 0.695. The molecule has 1 amide bonds. The molecule has 8 heteroatoms. The fraction of sp³-hybridized carbons (Fsp3) is 0.400. The second-order valence-corrected chi connectivity index (χ2v) is 7.73. The Balaban J connectivity index is 1.29. The normalized spacial score (nSPS) is 17.0. The number of aromatic nitrogens is 4. The van der Waals surface area contributed by atoms with Crippen LogP contribution in [0.3, 0.4) is 0 Å². The molecule has 3 heterocycles. The van der Waals surface area contributed by atoms with Gasteiger partial charge in [-0.25, -0.2) is 4.39 Å². The molecular formula is C20H21FN6O. The number of carbonyl (C=O) groups is 1. The number of anilines is 1. The highest BCUT2D eigenvalue weighted by molar-refractivity contribution is 5.94. The van der Waals surface area contributed by atoms with Crippen molar-refractivity contribution in [1.82, 2.24) is 24.7 Å². The minimum Gasteiger partial charge on any atom is -0.351 e. The Kier molecular flexibility index (Phi) is 3.82. The van der Waals surface area contributed by atoms with Crippen LogP contribution in [-0.2, 0) is 0 Å². The second kappa shape index (κ2) is 6.25. The Morgan fingerprint density at radius 1 is 1.18 bits per heavy atom. The average Bonchev–Trinajstić information content (AvgIpc) is 3.41. The lowest BCUT2D eigenvalue weighted by atomic mass is 10.1. The number of nitrogens with zero attached hydrogens (tertiary/aromatic N) is 6. The summed E-state index contributed by atoms with van der Waals surface area (Å²) in [5.74, 6) is 1.74. The molecule has 28 heavy (non-hydrogen) atoms. The first-order valence-electron chi connectivity index (χ1n) is 9.52. The van der Waals surface area contributed by atoms with Crippen molar-refractivity contribution in [2.75, 3.05) is 25.0 Å². The molecule has 0 bridgehead atoms. The maximum absolute atomic E-state index is 13.8. The lowest BCUT2D eigenvalue weighted by molar-refractivity contribution is 0.0704. The van der Waals surface area contributed by atoms with Crippen LogP contribution in [0.25, 0.3) is 5.65 Å². The highest BCUT2D eigenvalue weighted by atomic mass is 19.1. The van der Waals surface area contributed by atoms with Gasteiger partial charge in [0.1, 0.15) is 11.6 Å². The fourth-order valence-electron chi connectivity index (χ4n) is 3.54. The van der Waals surface area contributed by atoms with Crippen molar-refractivity contribution in [3.63, 3.8) is 0 Å². The first-order valence-corrected chi connectivity index (χ1v) is 9.52. The van der Waals surface area contributed by atoms with Crippen LogP contribution in [-0.4, -0.2) is 56.8 Å². The lowest BCUT2D eigenvalue weighted by Gasteiger charge is -2.44. The lowest BCUT2D eigenvalue weighted by Crippen LogP contribution is -2.60. The fourth-order valence-corrected chi connectivity index (χ4v) is 3.54. The van der Waals surface area contributed by atoms with Gasteiger partial charge in [0, 0.05) is 31.6 Å². The molecule has 5 rings (SSSR count). The van der Waals surface area contributed by atoms with Crippen LogP contribution in [0.1, 0.15) is 40.5 Å². The number of aryl methyl sites for hydroxylation is 1. The minimum absolute atomic E-state index is 0.0678. The molecule has 1 aliphatic carbocycles. The van der Waals surface area contributed by atoms with Gasteiger partial charge in [-0.3, -0.25) is 4.79 Å². The van der Waals surface area contributed by atoms with Gasteiger partial charge >= 0.3 is 0 Å². The van der Waals surface area contributed by atoms with Crippen molar-refractivity contribution in [2.24, 2.45) is 0 Å². The van der Waals surface area contributed by atoms with Crippen molar-refractivity contribution >= 4 is 17.4 Å². The summed E-state index contributed by atoms with van der Waals surface area (Å²) in [6.45, 7) is 3.07. The third kappa shape index (κ3) is 2.80. The van der Waals surface area contributed by atoms with Gasteiger partial charge in [0.15, 0.2) is 11.5 Å². The van der Waals surface area contributed by atoms with E-state index in [1.165, 1.54) is 6.07 Å². The van der Waals surface area contributed by atoms with Crippen LogP contribution in [0.15, 0.2) is 30.3 Å². The number of carbonyl (C=O) groups excluding carboxylic acids is 1. The van der Waals surface area contributed by atoms with E-state index in [9.17, 15) is 9.18 Å². The molecule has 1 aromatic carbocycles. The van der Waals surface area contributed by atoms with Crippen molar-refractivity contribution < 1.29 is 9.18 Å². The van der Waals surface area contributed by atoms with E-state index >= 15 is 0 Å². The largest absolute Gasteiger partial charge is 0.351 e. The van der Waals surface area contributed by atoms with Gasteiger partial charge in [-0.05, 0) is 49.6 Å². The molecular weight excluding hydrogens is 359 g/mol. The molecule has 144 valence electrons. The van der Waals surface area contributed by atoms with E-state index < -0.39 is 0 Å². The van der Waals surface area contributed by atoms with Gasteiger partial charge < -0.3 is 9.80 Å². The van der Waals surface area contributed by atoms with E-state index in [0.29, 0.717) is 30.1 Å². The van der Waals surface area contributed by atoms with E-state index in [4.69, 9.17) is 5.10 Å². The zero-order chi connectivity index (χ0) is 19.4. The third-order valence-corrected chi connectivity index (χ3v) is 5.69. The van der Waals surface area contributed by atoms with Crippen molar-refractivity contribution in [3.05, 3.63) is 53.1 Å². The zero-order valence-corrected chi connectivity index (χ0v) is 15.8. The second-order valence-electron chi connectivity index (χ2n) is 7.73. The summed E-state index contributed by atoms with van der Waals surface area (Å²) < 4.78 is 15.6. The molecule has 0 radical (unpaired) electrons.